The summed E-state index contributed by atoms with van der Waals surface area (Å²) in [5, 5.41) is 14.2. The van der Waals surface area contributed by atoms with Crippen molar-refractivity contribution in [1.29, 1.82) is 0 Å². The minimum absolute atomic E-state index is 0.0544. The molecule has 0 aromatic heterocycles. The van der Waals surface area contributed by atoms with Gasteiger partial charge in [-0.05, 0) is 25.0 Å². The van der Waals surface area contributed by atoms with Crippen molar-refractivity contribution < 1.29 is 9.90 Å². The second-order valence-corrected chi connectivity index (χ2v) is 5.02. The predicted molar refractivity (Wildman–Crippen MR) is 81.2 cm³/mol. The number of urea groups is 1. The first-order valence-corrected chi connectivity index (χ1v) is 7.31. The van der Waals surface area contributed by atoms with Gasteiger partial charge in [0.2, 0.25) is 0 Å². The number of aliphatic hydroxyl groups is 1. The summed E-state index contributed by atoms with van der Waals surface area (Å²) in [5.74, 6) is 0. The summed E-state index contributed by atoms with van der Waals surface area (Å²) in [6.45, 7) is 2.28. The number of benzene rings is 1. The number of anilines is 2. The van der Waals surface area contributed by atoms with E-state index in [0.29, 0.717) is 0 Å². The van der Waals surface area contributed by atoms with Crippen molar-refractivity contribution in [2.24, 2.45) is 0 Å². The lowest BCUT2D eigenvalue weighted by Gasteiger charge is -2.25. The van der Waals surface area contributed by atoms with Crippen LogP contribution in [0.25, 0.3) is 0 Å². The number of hydrogen-bond donors (Lipinski definition) is 3. The molecule has 0 aliphatic carbocycles. The average molecular weight is 277 g/mol. The Balaban J connectivity index is 2.06. The molecular weight excluding hydrogens is 254 g/mol. The number of rotatable bonds is 4. The average Bonchev–Trinajstić information content (AvgIpc) is 2.75. The highest BCUT2D eigenvalue weighted by atomic mass is 16.3. The molecule has 0 atom stereocenters. The zero-order chi connectivity index (χ0) is 14.2. The lowest BCUT2D eigenvalue weighted by molar-refractivity contribution is 0.245. The highest BCUT2D eigenvalue weighted by Crippen LogP contribution is 2.27. The molecule has 0 saturated carbocycles. The lowest BCUT2D eigenvalue weighted by atomic mass is 10.2. The summed E-state index contributed by atoms with van der Waals surface area (Å²) in [6.07, 6.45) is 4.96. The lowest BCUT2D eigenvalue weighted by Crippen LogP contribution is -2.32. The van der Waals surface area contributed by atoms with Gasteiger partial charge in [0.05, 0.1) is 18.0 Å². The molecule has 1 aromatic rings. The monoisotopic (exact) mass is 277 g/mol. The molecule has 1 heterocycles. The van der Waals surface area contributed by atoms with Gasteiger partial charge in [-0.15, -0.1) is 0 Å². The van der Waals surface area contributed by atoms with Crippen LogP contribution in [-0.2, 0) is 0 Å². The summed E-state index contributed by atoms with van der Waals surface area (Å²) in [4.78, 5) is 14.1. The maximum atomic E-state index is 11.7. The van der Waals surface area contributed by atoms with E-state index in [1.807, 2.05) is 24.3 Å². The van der Waals surface area contributed by atoms with E-state index in [9.17, 15) is 4.79 Å². The van der Waals surface area contributed by atoms with E-state index in [1.165, 1.54) is 25.7 Å². The molecule has 5 heteroatoms. The van der Waals surface area contributed by atoms with Crippen LogP contribution in [-0.4, -0.2) is 37.4 Å². The van der Waals surface area contributed by atoms with Gasteiger partial charge in [-0.3, -0.25) is 0 Å². The number of carbonyl (C=O) groups excluding carboxylic acids is 1. The van der Waals surface area contributed by atoms with Crippen LogP contribution >= 0.6 is 0 Å². The maximum absolute atomic E-state index is 11.7. The summed E-state index contributed by atoms with van der Waals surface area (Å²) < 4.78 is 0. The molecule has 1 saturated heterocycles. The van der Waals surface area contributed by atoms with Crippen molar-refractivity contribution in [1.82, 2.24) is 5.32 Å². The van der Waals surface area contributed by atoms with E-state index in [4.69, 9.17) is 5.11 Å². The van der Waals surface area contributed by atoms with Gasteiger partial charge in [-0.1, -0.05) is 25.0 Å². The van der Waals surface area contributed by atoms with Crippen LogP contribution in [0, 0.1) is 0 Å². The molecule has 110 valence electrons. The normalized spacial score (nSPS) is 15.6. The molecule has 2 rings (SSSR count). The third-order valence-corrected chi connectivity index (χ3v) is 3.50. The van der Waals surface area contributed by atoms with Gasteiger partial charge >= 0.3 is 6.03 Å². The molecule has 2 amide bonds. The van der Waals surface area contributed by atoms with E-state index in [0.717, 1.165) is 24.5 Å². The fourth-order valence-electron chi connectivity index (χ4n) is 2.50. The van der Waals surface area contributed by atoms with Gasteiger partial charge in [-0.25, -0.2) is 4.79 Å². The number of nitrogens with one attached hydrogen (secondary N) is 2. The van der Waals surface area contributed by atoms with Crippen molar-refractivity contribution in [3.05, 3.63) is 24.3 Å². The zero-order valence-corrected chi connectivity index (χ0v) is 11.8. The van der Waals surface area contributed by atoms with Gasteiger partial charge in [0.25, 0.3) is 0 Å². The number of amides is 2. The summed E-state index contributed by atoms with van der Waals surface area (Å²) in [6, 6.07) is 7.60. The van der Waals surface area contributed by atoms with Crippen LogP contribution in [0.15, 0.2) is 24.3 Å². The maximum Gasteiger partial charge on any atom is 0.319 e. The smallest absolute Gasteiger partial charge is 0.319 e. The summed E-state index contributed by atoms with van der Waals surface area (Å²) in [7, 11) is 0. The van der Waals surface area contributed by atoms with E-state index in [-0.39, 0.29) is 19.2 Å². The number of para-hydroxylation sites is 2. The van der Waals surface area contributed by atoms with E-state index in [2.05, 4.69) is 15.5 Å². The molecule has 0 spiro atoms. The fraction of sp³-hybridized carbons (Fsp3) is 0.533. The molecule has 0 bridgehead atoms. The van der Waals surface area contributed by atoms with Crippen LogP contribution in [0.1, 0.15) is 25.7 Å². The first-order valence-electron chi connectivity index (χ1n) is 7.31. The van der Waals surface area contributed by atoms with Gasteiger partial charge < -0.3 is 20.6 Å². The molecule has 5 nitrogen and oxygen atoms in total. The van der Waals surface area contributed by atoms with E-state index >= 15 is 0 Å². The first-order chi connectivity index (χ1) is 9.81. The highest BCUT2D eigenvalue weighted by Gasteiger charge is 2.14. The van der Waals surface area contributed by atoms with E-state index < -0.39 is 0 Å². The SMILES string of the molecule is O=C(NCCO)Nc1ccccc1N1CCCCCC1. The molecule has 1 aliphatic heterocycles. The Hall–Kier alpha value is -1.75. The van der Waals surface area contributed by atoms with Gasteiger partial charge in [-0.2, -0.15) is 0 Å². The van der Waals surface area contributed by atoms with Crippen molar-refractivity contribution >= 4 is 17.4 Å². The number of nitrogens with zero attached hydrogens (tertiary/aromatic N) is 1. The van der Waals surface area contributed by atoms with Gasteiger partial charge in [0, 0.05) is 19.6 Å². The van der Waals surface area contributed by atoms with Gasteiger partial charge in [0.15, 0.2) is 0 Å². The molecule has 1 aromatic carbocycles. The second-order valence-electron chi connectivity index (χ2n) is 5.02. The van der Waals surface area contributed by atoms with Crippen molar-refractivity contribution in [2.75, 3.05) is 36.5 Å². The largest absolute Gasteiger partial charge is 0.395 e. The Kier molecular flexibility index (Phi) is 5.68. The Morgan fingerprint density at radius 3 is 2.55 bits per heavy atom. The van der Waals surface area contributed by atoms with Crippen molar-refractivity contribution in [3.8, 4) is 0 Å². The fourth-order valence-corrected chi connectivity index (χ4v) is 2.50. The van der Waals surface area contributed by atoms with Crippen LogP contribution in [0.4, 0.5) is 16.2 Å². The molecule has 3 N–H and O–H groups in total. The molecule has 1 aliphatic rings. The molecular formula is C15H23N3O2. The van der Waals surface area contributed by atoms with Crippen LogP contribution in [0.3, 0.4) is 0 Å². The minimum Gasteiger partial charge on any atom is -0.395 e. The van der Waals surface area contributed by atoms with Crippen molar-refractivity contribution in [2.45, 2.75) is 25.7 Å². The molecule has 0 radical (unpaired) electrons. The minimum atomic E-state index is -0.277. The van der Waals surface area contributed by atoms with Crippen LogP contribution in [0.5, 0.6) is 0 Å². The molecule has 1 fully saturated rings. The number of carbonyl (C=O) groups is 1. The van der Waals surface area contributed by atoms with Gasteiger partial charge in [0.1, 0.15) is 0 Å². The highest BCUT2D eigenvalue weighted by molar-refractivity contribution is 5.93. The standard InChI is InChI=1S/C15H23N3O2/c19-12-9-16-15(20)17-13-7-3-4-8-14(13)18-10-5-1-2-6-11-18/h3-4,7-8,19H,1-2,5-6,9-12H2,(H2,16,17,20). The Bertz CT molecular complexity index is 429. The second kappa shape index (κ2) is 7.75. The quantitative estimate of drug-likeness (QED) is 0.790. The third kappa shape index (κ3) is 4.13. The third-order valence-electron chi connectivity index (χ3n) is 3.50. The van der Waals surface area contributed by atoms with Crippen LogP contribution < -0.4 is 15.5 Å². The summed E-state index contributed by atoms with van der Waals surface area (Å²) in [5.41, 5.74) is 1.90. The number of aliphatic hydroxyl groups excluding tert-OH is 1. The molecule has 0 unspecified atom stereocenters. The topological polar surface area (TPSA) is 64.6 Å². The zero-order valence-electron chi connectivity index (χ0n) is 11.8. The van der Waals surface area contributed by atoms with Crippen LogP contribution in [0.2, 0.25) is 0 Å². The Labute approximate surface area is 120 Å². The van der Waals surface area contributed by atoms with Crippen molar-refractivity contribution in [3.63, 3.8) is 0 Å². The van der Waals surface area contributed by atoms with E-state index in [1.54, 1.807) is 0 Å². The summed E-state index contributed by atoms with van der Waals surface area (Å²) >= 11 is 0. The Morgan fingerprint density at radius 1 is 1.15 bits per heavy atom. The first kappa shape index (κ1) is 14.7. The Morgan fingerprint density at radius 2 is 1.85 bits per heavy atom. The molecule has 20 heavy (non-hydrogen) atoms. The number of hydrogen-bond acceptors (Lipinski definition) is 3. The predicted octanol–water partition coefficient (Wildman–Crippen LogP) is 2.18.